The number of carbonyl (C=O) groups excluding carboxylic acids is 1. The van der Waals surface area contributed by atoms with Crippen molar-refractivity contribution < 1.29 is 9.90 Å². The Morgan fingerprint density at radius 3 is 2.60 bits per heavy atom. The molecule has 0 aliphatic rings. The molecule has 0 saturated carbocycles. The number of nitrogens with two attached hydrogens (primary N) is 1. The largest absolute Gasteiger partial charge is 0.398 e. The molecular weight excluding hydrogens is 320 g/mol. The molecule has 2 aromatic rings. The summed E-state index contributed by atoms with van der Waals surface area (Å²) in [7, 11) is 0. The van der Waals surface area contributed by atoms with E-state index in [0.29, 0.717) is 11.3 Å². The number of halogens is 1. The lowest BCUT2D eigenvalue weighted by Gasteiger charge is -2.17. The van der Waals surface area contributed by atoms with Crippen LogP contribution in [0.2, 0.25) is 0 Å². The molecule has 2 aromatic carbocycles. The SMILES string of the molecule is Nc1ccc(Br)cc1C(=O)NC(CO)c1ccccc1. The molecule has 0 aromatic heterocycles. The second-order valence-electron chi connectivity index (χ2n) is 4.35. The molecule has 104 valence electrons. The van der Waals surface area contributed by atoms with E-state index in [9.17, 15) is 9.90 Å². The second kappa shape index (κ2) is 6.54. The molecule has 0 fully saturated rings. The lowest BCUT2D eigenvalue weighted by atomic mass is 10.1. The summed E-state index contributed by atoms with van der Waals surface area (Å²) in [6.45, 7) is -0.177. The summed E-state index contributed by atoms with van der Waals surface area (Å²) in [4.78, 5) is 12.2. The minimum Gasteiger partial charge on any atom is -0.398 e. The van der Waals surface area contributed by atoms with Gasteiger partial charge in [0, 0.05) is 10.2 Å². The molecule has 1 amide bonds. The van der Waals surface area contributed by atoms with Crippen LogP contribution < -0.4 is 11.1 Å². The Labute approximate surface area is 125 Å². The molecule has 4 nitrogen and oxygen atoms in total. The highest BCUT2D eigenvalue weighted by Crippen LogP contribution is 2.20. The van der Waals surface area contributed by atoms with E-state index in [1.54, 1.807) is 18.2 Å². The van der Waals surface area contributed by atoms with Crippen LogP contribution in [0.25, 0.3) is 0 Å². The van der Waals surface area contributed by atoms with Gasteiger partial charge < -0.3 is 16.2 Å². The van der Waals surface area contributed by atoms with Crippen molar-refractivity contribution in [1.29, 1.82) is 0 Å². The van der Waals surface area contributed by atoms with Crippen molar-refractivity contribution in [2.75, 3.05) is 12.3 Å². The zero-order valence-electron chi connectivity index (χ0n) is 10.7. The number of aliphatic hydroxyl groups excluding tert-OH is 1. The number of carbonyl (C=O) groups is 1. The third-order valence-electron chi connectivity index (χ3n) is 2.95. The van der Waals surface area contributed by atoms with E-state index >= 15 is 0 Å². The van der Waals surface area contributed by atoms with E-state index in [0.717, 1.165) is 10.0 Å². The molecule has 0 aliphatic carbocycles. The van der Waals surface area contributed by atoms with Gasteiger partial charge in [0.1, 0.15) is 0 Å². The van der Waals surface area contributed by atoms with Gasteiger partial charge in [0.2, 0.25) is 0 Å². The van der Waals surface area contributed by atoms with E-state index in [4.69, 9.17) is 5.73 Å². The van der Waals surface area contributed by atoms with Crippen LogP contribution in [0.4, 0.5) is 5.69 Å². The summed E-state index contributed by atoms with van der Waals surface area (Å²) in [6.07, 6.45) is 0. The van der Waals surface area contributed by atoms with Crippen LogP contribution in [0.5, 0.6) is 0 Å². The Morgan fingerprint density at radius 1 is 1.25 bits per heavy atom. The fraction of sp³-hybridized carbons (Fsp3) is 0.133. The first kappa shape index (κ1) is 14.6. The number of anilines is 1. The normalized spacial score (nSPS) is 11.9. The highest BCUT2D eigenvalue weighted by Gasteiger charge is 2.16. The maximum absolute atomic E-state index is 12.2. The maximum Gasteiger partial charge on any atom is 0.253 e. The Kier molecular flexibility index (Phi) is 4.76. The number of rotatable bonds is 4. The van der Waals surface area contributed by atoms with Gasteiger partial charge in [-0.1, -0.05) is 46.3 Å². The van der Waals surface area contributed by atoms with Crippen molar-refractivity contribution in [3.63, 3.8) is 0 Å². The molecule has 2 rings (SSSR count). The first-order valence-electron chi connectivity index (χ1n) is 6.13. The fourth-order valence-corrected chi connectivity index (χ4v) is 2.24. The van der Waals surface area contributed by atoms with Gasteiger partial charge in [-0.25, -0.2) is 0 Å². The van der Waals surface area contributed by atoms with Gasteiger partial charge in [-0.05, 0) is 23.8 Å². The van der Waals surface area contributed by atoms with E-state index in [1.165, 1.54) is 0 Å². The standard InChI is InChI=1S/C15H15BrN2O2/c16-11-6-7-13(17)12(8-11)15(20)18-14(9-19)10-4-2-1-3-5-10/h1-8,14,19H,9,17H2,(H,18,20). The van der Waals surface area contributed by atoms with E-state index in [-0.39, 0.29) is 12.5 Å². The lowest BCUT2D eigenvalue weighted by Crippen LogP contribution is -2.31. The first-order valence-corrected chi connectivity index (χ1v) is 6.93. The van der Waals surface area contributed by atoms with Crippen molar-refractivity contribution in [3.8, 4) is 0 Å². The number of hydrogen-bond acceptors (Lipinski definition) is 3. The maximum atomic E-state index is 12.2. The summed E-state index contributed by atoms with van der Waals surface area (Å²) in [5.41, 5.74) is 7.43. The molecule has 5 heteroatoms. The lowest BCUT2D eigenvalue weighted by molar-refractivity contribution is 0.0917. The Hall–Kier alpha value is -1.85. The molecule has 0 saturated heterocycles. The van der Waals surface area contributed by atoms with Crippen LogP contribution in [0.3, 0.4) is 0 Å². The molecule has 0 spiro atoms. The fourth-order valence-electron chi connectivity index (χ4n) is 1.88. The Balaban J connectivity index is 2.20. The molecule has 4 N–H and O–H groups in total. The summed E-state index contributed by atoms with van der Waals surface area (Å²) in [5, 5.41) is 12.2. The van der Waals surface area contributed by atoms with Crippen molar-refractivity contribution in [2.24, 2.45) is 0 Å². The van der Waals surface area contributed by atoms with Gasteiger partial charge in [0.15, 0.2) is 0 Å². The number of nitrogens with one attached hydrogen (secondary N) is 1. The summed E-state index contributed by atoms with van der Waals surface area (Å²) < 4.78 is 0.775. The predicted octanol–water partition coefficient (Wildman–Crippen LogP) is 2.49. The van der Waals surface area contributed by atoms with Crippen LogP contribution in [-0.4, -0.2) is 17.6 Å². The van der Waals surface area contributed by atoms with Crippen molar-refractivity contribution >= 4 is 27.5 Å². The predicted molar refractivity (Wildman–Crippen MR) is 82.3 cm³/mol. The monoisotopic (exact) mass is 334 g/mol. The number of amides is 1. The van der Waals surface area contributed by atoms with E-state index in [1.807, 2.05) is 30.3 Å². The van der Waals surface area contributed by atoms with Gasteiger partial charge >= 0.3 is 0 Å². The van der Waals surface area contributed by atoms with Gasteiger partial charge in [-0.15, -0.1) is 0 Å². The third-order valence-corrected chi connectivity index (χ3v) is 3.44. The highest BCUT2D eigenvalue weighted by molar-refractivity contribution is 9.10. The zero-order valence-corrected chi connectivity index (χ0v) is 12.3. The molecule has 0 aliphatic heterocycles. The quantitative estimate of drug-likeness (QED) is 0.752. The van der Waals surface area contributed by atoms with Gasteiger partial charge in [-0.2, -0.15) is 0 Å². The molecule has 1 unspecified atom stereocenters. The summed E-state index contributed by atoms with van der Waals surface area (Å²) >= 11 is 3.31. The minimum absolute atomic E-state index is 0.177. The third kappa shape index (κ3) is 3.37. The number of hydrogen-bond donors (Lipinski definition) is 3. The van der Waals surface area contributed by atoms with E-state index < -0.39 is 6.04 Å². The smallest absolute Gasteiger partial charge is 0.253 e. The highest BCUT2D eigenvalue weighted by atomic mass is 79.9. The average molecular weight is 335 g/mol. The van der Waals surface area contributed by atoms with Crippen LogP contribution in [0.1, 0.15) is 22.0 Å². The van der Waals surface area contributed by atoms with Crippen LogP contribution in [0.15, 0.2) is 53.0 Å². The summed E-state index contributed by atoms with van der Waals surface area (Å²) in [6, 6.07) is 13.9. The average Bonchev–Trinajstić information content (AvgIpc) is 2.48. The van der Waals surface area contributed by atoms with Crippen LogP contribution >= 0.6 is 15.9 Å². The first-order chi connectivity index (χ1) is 9.61. The molecule has 0 bridgehead atoms. The number of benzene rings is 2. The Morgan fingerprint density at radius 2 is 1.95 bits per heavy atom. The molecule has 0 radical (unpaired) electrons. The van der Waals surface area contributed by atoms with Crippen molar-refractivity contribution in [3.05, 3.63) is 64.1 Å². The van der Waals surface area contributed by atoms with Crippen molar-refractivity contribution in [2.45, 2.75) is 6.04 Å². The minimum atomic E-state index is -0.456. The molecule has 1 atom stereocenters. The van der Waals surface area contributed by atoms with Crippen molar-refractivity contribution in [1.82, 2.24) is 5.32 Å². The topological polar surface area (TPSA) is 75.4 Å². The number of aliphatic hydroxyl groups is 1. The Bertz CT molecular complexity index is 602. The van der Waals surface area contributed by atoms with E-state index in [2.05, 4.69) is 21.2 Å². The number of nitrogen functional groups attached to an aromatic ring is 1. The molecular formula is C15H15BrN2O2. The molecule has 20 heavy (non-hydrogen) atoms. The summed E-state index contributed by atoms with van der Waals surface area (Å²) in [5.74, 6) is -0.313. The van der Waals surface area contributed by atoms with Gasteiger partial charge in [0.05, 0.1) is 18.2 Å². The molecule has 0 heterocycles. The van der Waals surface area contributed by atoms with Crippen LogP contribution in [-0.2, 0) is 0 Å². The van der Waals surface area contributed by atoms with Gasteiger partial charge in [0.25, 0.3) is 5.91 Å². The van der Waals surface area contributed by atoms with Gasteiger partial charge in [-0.3, -0.25) is 4.79 Å². The second-order valence-corrected chi connectivity index (χ2v) is 5.27. The zero-order chi connectivity index (χ0) is 14.5. The van der Waals surface area contributed by atoms with Crippen LogP contribution in [0, 0.1) is 0 Å².